The molecule has 1 N–H and O–H groups in total. The Bertz CT molecular complexity index is 336. The van der Waals surface area contributed by atoms with E-state index in [0.29, 0.717) is 0 Å². The van der Waals surface area contributed by atoms with E-state index in [1.807, 2.05) is 4.68 Å². The van der Waals surface area contributed by atoms with Gasteiger partial charge in [0.15, 0.2) is 0 Å². The van der Waals surface area contributed by atoms with E-state index in [4.69, 9.17) is 0 Å². The van der Waals surface area contributed by atoms with Crippen LogP contribution >= 0.6 is 0 Å². The van der Waals surface area contributed by atoms with Crippen LogP contribution in [0.4, 0.5) is 0 Å². The van der Waals surface area contributed by atoms with Crippen LogP contribution in [0.25, 0.3) is 0 Å². The molecule has 3 heteroatoms. The largest absolute Gasteiger partial charge is 0.289 e. The van der Waals surface area contributed by atoms with Crippen LogP contribution in [-0.2, 0) is 19.4 Å². The van der Waals surface area contributed by atoms with Gasteiger partial charge in [-0.05, 0) is 19.3 Å². The third-order valence-corrected chi connectivity index (χ3v) is 2.47. The van der Waals surface area contributed by atoms with Gasteiger partial charge < -0.3 is 0 Å². The Morgan fingerprint density at radius 2 is 1.93 bits per heavy atom. The highest BCUT2D eigenvalue weighted by molar-refractivity contribution is 5.18. The zero-order valence-electron chi connectivity index (χ0n) is 9.39. The van der Waals surface area contributed by atoms with Gasteiger partial charge in [0.2, 0.25) is 0 Å². The molecule has 0 fully saturated rings. The smallest absolute Gasteiger partial charge is 0.267 e. The Labute approximate surface area is 85.1 Å². The molecule has 0 unspecified atom stereocenters. The summed E-state index contributed by atoms with van der Waals surface area (Å²) in [4.78, 5) is 11.6. The van der Waals surface area contributed by atoms with E-state index in [1.54, 1.807) is 0 Å². The van der Waals surface area contributed by atoms with Crippen LogP contribution in [0.5, 0.6) is 0 Å². The summed E-state index contributed by atoms with van der Waals surface area (Å²) in [5, 5.41) is 2.91. The van der Waals surface area contributed by atoms with Crippen LogP contribution < -0.4 is 5.56 Å². The van der Waals surface area contributed by atoms with Crippen LogP contribution in [0.1, 0.15) is 44.9 Å². The lowest BCUT2D eigenvalue weighted by Gasteiger charge is -2.05. The predicted molar refractivity (Wildman–Crippen MR) is 58.7 cm³/mol. The molecular weight excluding hydrogens is 176 g/mol. The van der Waals surface area contributed by atoms with E-state index in [0.717, 1.165) is 37.8 Å². The molecule has 80 valence electrons. The van der Waals surface area contributed by atoms with Gasteiger partial charge in [-0.15, -0.1) is 0 Å². The first-order chi connectivity index (χ1) is 6.74. The Balaban J connectivity index is 3.07. The molecule has 0 aliphatic rings. The van der Waals surface area contributed by atoms with Crippen molar-refractivity contribution in [3.05, 3.63) is 21.6 Å². The number of aryl methyl sites for hydroxylation is 1. The van der Waals surface area contributed by atoms with E-state index in [-0.39, 0.29) is 5.56 Å². The molecular formula is C11H20N2O. The number of aromatic nitrogens is 2. The Morgan fingerprint density at radius 3 is 2.43 bits per heavy atom. The monoisotopic (exact) mass is 196 g/mol. The third-order valence-electron chi connectivity index (χ3n) is 2.47. The first-order valence-electron chi connectivity index (χ1n) is 5.55. The van der Waals surface area contributed by atoms with E-state index < -0.39 is 0 Å². The molecule has 1 rings (SSSR count). The van der Waals surface area contributed by atoms with Gasteiger partial charge in [-0.3, -0.25) is 14.6 Å². The Kier molecular flexibility index (Phi) is 3.98. The van der Waals surface area contributed by atoms with Crippen molar-refractivity contribution in [3.8, 4) is 0 Å². The van der Waals surface area contributed by atoms with Gasteiger partial charge in [0.05, 0.1) is 0 Å². The second kappa shape index (κ2) is 5.03. The van der Waals surface area contributed by atoms with E-state index in [1.165, 1.54) is 5.69 Å². The summed E-state index contributed by atoms with van der Waals surface area (Å²) < 4.78 is 2.01. The fraction of sp³-hybridized carbons (Fsp3) is 0.727. The van der Waals surface area contributed by atoms with Crippen LogP contribution in [0.15, 0.2) is 4.79 Å². The molecule has 1 heterocycles. The minimum atomic E-state index is 0.108. The predicted octanol–water partition coefficient (Wildman–Crippen LogP) is 2.10. The lowest BCUT2D eigenvalue weighted by atomic mass is 10.1. The summed E-state index contributed by atoms with van der Waals surface area (Å²) in [7, 11) is 0. The molecule has 0 radical (unpaired) electrons. The van der Waals surface area contributed by atoms with Crippen LogP contribution in [0.3, 0.4) is 0 Å². The summed E-state index contributed by atoms with van der Waals surface area (Å²) in [6, 6.07) is 0. The van der Waals surface area contributed by atoms with Crippen molar-refractivity contribution in [1.82, 2.24) is 9.78 Å². The zero-order valence-corrected chi connectivity index (χ0v) is 9.39. The quantitative estimate of drug-likeness (QED) is 0.769. The Morgan fingerprint density at radius 1 is 1.21 bits per heavy atom. The summed E-state index contributed by atoms with van der Waals surface area (Å²) in [6.45, 7) is 7.25. The van der Waals surface area contributed by atoms with Crippen molar-refractivity contribution in [2.75, 3.05) is 0 Å². The standard InChI is InChI=1S/C11H20N2O/c1-4-7-9-10(6-3)13(8-5-2)12-11(9)14/h4-8H2,1-3H3,(H,12,14). The SMILES string of the molecule is CCCc1c(CC)n(CCC)[nH]c1=O. The van der Waals surface area contributed by atoms with E-state index in [2.05, 4.69) is 25.9 Å². The van der Waals surface area contributed by atoms with Crippen LogP contribution in [0.2, 0.25) is 0 Å². The lowest BCUT2D eigenvalue weighted by molar-refractivity contribution is 0.572. The summed E-state index contributed by atoms with van der Waals surface area (Å²) in [5.41, 5.74) is 2.29. The molecule has 0 spiro atoms. The van der Waals surface area contributed by atoms with Gasteiger partial charge in [-0.25, -0.2) is 0 Å². The molecule has 1 aromatic rings. The maximum Gasteiger partial charge on any atom is 0.267 e. The minimum absolute atomic E-state index is 0.108. The van der Waals surface area contributed by atoms with E-state index >= 15 is 0 Å². The first kappa shape index (κ1) is 11.1. The van der Waals surface area contributed by atoms with Gasteiger partial charge in [0.1, 0.15) is 0 Å². The normalized spacial score (nSPS) is 10.8. The van der Waals surface area contributed by atoms with Crippen molar-refractivity contribution in [2.24, 2.45) is 0 Å². The highest BCUT2D eigenvalue weighted by Gasteiger charge is 2.11. The molecule has 0 saturated carbocycles. The molecule has 0 saturated heterocycles. The van der Waals surface area contributed by atoms with Crippen molar-refractivity contribution in [2.45, 2.75) is 53.0 Å². The lowest BCUT2D eigenvalue weighted by Crippen LogP contribution is -2.07. The van der Waals surface area contributed by atoms with E-state index in [9.17, 15) is 4.79 Å². The first-order valence-corrected chi connectivity index (χ1v) is 5.55. The number of H-pyrrole nitrogens is 1. The molecule has 0 amide bonds. The number of rotatable bonds is 5. The van der Waals surface area contributed by atoms with Crippen molar-refractivity contribution in [1.29, 1.82) is 0 Å². The molecule has 0 aliphatic carbocycles. The average molecular weight is 196 g/mol. The highest BCUT2D eigenvalue weighted by Crippen LogP contribution is 2.08. The number of nitrogens with zero attached hydrogens (tertiary/aromatic N) is 1. The highest BCUT2D eigenvalue weighted by atomic mass is 16.1. The maximum atomic E-state index is 11.6. The minimum Gasteiger partial charge on any atom is -0.289 e. The van der Waals surface area contributed by atoms with Gasteiger partial charge in [-0.1, -0.05) is 27.2 Å². The summed E-state index contributed by atoms with van der Waals surface area (Å²) in [6.07, 6.45) is 3.93. The summed E-state index contributed by atoms with van der Waals surface area (Å²) in [5.74, 6) is 0. The molecule has 14 heavy (non-hydrogen) atoms. The van der Waals surface area contributed by atoms with Gasteiger partial charge in [-0.2, -0.15) is 0 Å². The third kappa shape index (κ3) is 2.08. The number of hydrogen-bond acceptors (Lipinski definition) is 1. The summed E-state index contributed by atoms with van der Waals surface area (Å²) >= 11 is 0. The molecule has 3 nitrogen and oxygen atoms in total. The van der Waals surface area contributed by atoms with Gasteiger partial charge in [0, 0.05) is 17.8 Å². The number of aromatic amines is 1. The molecule has 0 aliphatic heterocycles. The second-order valence-corrected chi connectivity index (χ2v) is 3.62. The maximum absolute atomic E-state index is 11.6. The number of nitrogens with one attached hydrogen (secondary N) is 1. The van der Waals surface area contributed by atoms with Gasteiger partial charge >= 0.3 is 0 Å². The fourth-order valence-corrected chi connectivity index (χ4v) is 1.88. The van der Waals surface area contributed by atoms with Gasteiger partial charge in [0.25, 0.3) is 5.56 Å². The van der Waals surface area contributed by atoms with Crippen LogP contribution in [0, 0.1) is 0 Å². The Hall–Kier alpha value is -0.990. The topological polar surface area (TPSA) is 37.8 Å². The van der Waals surface area contributed by atoms with Crippen molar-refractivity contribution < 1.29 is 0 Å². The fourth-order valence-electron chi connectivity index (χ4n) is 1.88. The number of hydrogen-bond donors (Lipinski definition) is 1. The molecule has 0 bridgehead atoms. The second-order valence-electron chi connectivity index (χ2n) is 3.62. The molecule has 1 aromatic heterocycles. The van der Waals surface area contributed by atoms with Crippen LogP contribution in [-0.4, -0.2) is 9.78 Å². The zero-order chi connectivity index (χ0) is 10.6. The van der Waals surface area contributed by atoms with Crippen molar-refractivity contribution in [3.63, 3.8) is 0 Å². The molecule has 0 atom stereocenters. The van der Waals surface area contributed by atoms with Crippen molar-refractivity contribution >= 4 is 0 Å². The molecule has 0 aromatic carbocycles. The average Bonchev–Trinajstić information content (AvgIpc) is 2.44.